The lowest BCUT2D eigenvalue weighted by molar-refractivity contribution is 0.275. The zero-order valence-electron chi connectivity index (χ0n) is 8.20. The Labute approximate surface area is 88.1 Å². The number of benzene rings is 1. The summed E-state index contributed by atoms with van der Waals surface area (Å²) in [6.07, 6.45) is 3.69. The van der Waals surface area contributed by atoms with Gasteiger partial charge in [-0.25, -0.2) is 0 Å². The maximum Gasteiger partial charge on any atom is 0.117 e. The van der Waals surface area contributed by atoms with Gasteiger partial charge in [-0.3, -0.25) is 0 Å². The van der Waals surface area contributed by atoms with Gasteiger partial charge in [0.25, 0.3) is 0 Å². The molecule has 2 heteroatoms. The first-order chi connectivity index (χ1) is 7.27. The molecule has 0 aromatic heterocycles. The lowest BCUT2D eigenvalue weighted by atomic mass is 9.94. The van der Waals surface area contributed by atoms with Gasteiger partial charge in [0.05, 0.1) is 5.71 Å². The van der Waals surface area contributed by atoms with Crippen molar-refractivity contribution in [3.8, 4) is 0 Å². The molecule has 0 radical (unpaired) electrons. The number of rotatable bonds is 0. The van der Waals surface area contributed by atoms with Crippen LogP contribution in [0.1, 0.15) is 11.1 Å². The van der Waals surface area contributed by atoms with Crippen LogP contribution in [0.4, 0.5) is 0 Å². The summed E-state index contributed by atoms with van der Waals surface area (Å²) in [6, 6.07) is 8.18. The van der Waals surface area contributed by atoms with E-state index in [9.17, 15) is 5.11 Å². The van der Waals surface area contributed by atoms with Crippen LogP contribution in [-0.2, 0) is 6.42 Å². The second-order valence-corrected chi connectivity index (χ2v) is 3.96. The molecule has 0 saturated heterocycles. The van der Waals surface area contributed by atoms with Crippen molar-refractivity contribution in [1.29, 1.82) is 5.41 Å². The van der Waals surface area contributed by atoms with Crippen molar-refractivity contribution in [3.63, 3.8) is 0 Å². The number of nitrogens with one attached hydrogen (secondary N) is 1. The van der Waals surface area contributed by atoms with Crippen molar-refractivity contribution < 1.29 is 5.11 Å². The first-order valence-electron chi connectivity index (χ1n) is 5.03. The third-order valence-electron chi connectivity index (χ3n) is 3.09. The Kier molecular flexibility index (Phi) is 1.67. The zero-order valence-corrected chi connectivity index (χ0v) is 8.20. The largest absolute Gasteiger partial charge is 0.382 e. The summed E-state index contributed by atoms with van der Waals surface area (Å²) >= 11 is 0. The molecule has 0 saturated carbocycles. The number of allylic oxidation sites excluding steroid dienone is 2. The quantitative estimate of drug-likeness (QED) is 0.656. The Balaban J connectivity index is 2.17. The molecular formula is C13H11NO. The fourth-order valence-corrected chi connectivity index (χ4v) is 2.30. The Morgan fingerprint density at radius 1 is 1.20 bits per heavy atom. The average molecular weight is 197 g/mol. The molecule has 1 aromatic carbocycles. The van der Waals surface area contributed by atoms with Gasteiger partial charge >= 0.3 is 0 Å². The number of aliphatic hydroxyl groups is 1. The molecule has 0 spiro atoms. The Bertz CT molecular complexity index is 511. The van der Waals surface area contributed by atoms with E-state index in [1.807, 2.05) is 18.2 Å². The van der Waals surface area contributed by atoms with Crippen LogP contribution in [0, 0.1) is 5.41 Å². The van der Waals surface area contributed by atoms with E-state index in [0.717, 1.165) is 17.6 Å². The van der Waals surface area contributed by atoms with Crippen LogP contribution < -0.4 is 0 Å². The van der Waals surface area contributed by atoms with Crippen molar-refractivity contribution in [2.24, 2.45) is 0 Å². The van der Waals surface area contributed by atoms with Crippen LogP contribution in [0.5, 0.6) is 0 Å². The maximum atomic E-state index is 9.89. The second kappa shape index (κ2) is 2.91. The maximum absolute atomic E-state index is 9.89. The van der Waals surface area contributed by atoms with Crippen LogP contribution in [0.3, 0.4) is 0 Å². The summed E-state index contributed by atoms with van der Waals surface area (Å²) in [4.78, 5) is 0. The van der Waals surface area contributed by atoms with Gasteiger partial charge in [-0.05, 0) is 34.8 Å². The van der Waals surface area contributed by atoms with Crippen LogP contribution >= 0.6 is 0 Å². The van der Waals surface area contributed by atoms with Crippen molar-refractivity contribution in [1.82, 2.24) is 0 Å². The Morgan fingerprint density at radius 2 is 2.00 bits per heavy atom. The summed E-state index contributed by atoms with van der Waals surface area (Å²) in [5.74, 6) is 0. The first-order valence-corrected chi connectivity index (χ1v) is 5.03. The summed E-state index contributed by atoms with van der Waals surface area (Å²) in [5, 5.41) is 17.5. The van der Waals surface area contributed by atoms with E-state index in [1.165, 1.54) is 11.1 Å². The standard InChI is InChI=1S/C13H11NO/c14-12-6-5-10-9-4-2-1-3-8(9)7-11(10)13(12)15/h1-6,13-15H,7H2. The molecule has 2 nitrogen and oxygen atoms in total. The van der Waals surface area contributed by atoms with Gasteiger partial charge in [0, 0.05) is 0 Å². The molecule has 2 N–H and O–H groups in total. The molecule has 0 amide bonds. The van der Waals surface area contributed by atoms with Crippen molar-refractivity contribution in [3.05, 3.63) is 53.1 Å². The van der Waals surface area contributed by atoms with E-state index in [1.54, 1.807) is 6.08 Å². The molecular weight excluding hydrogens is 186 g/mol. The lowest BCUT2D eigenvalue weighted by Gasteiger charge is -2.16. The molecule has 0 bridgehead atoms. The molecule has 1 unspecified atom stereocenters. The number of hydrogen-bond acceptors (Lipinski definition) is 2. The van der Waals surface area contributed by atoms with E-state index in [0.29, 0.717) is 5.71 Å². The molecule has 0 aliphatic heterocycles. The summed E-state index contributed by atoms with van der Waals surface area (Å²) in [6.45, 7) is 0. The minimum absolute atomic E-state index is 0.293. The highest BCUT2D eigenvalue weighted by atomic mass is 16.3. The van der Waals surface area contributed by atoms with Gasteiger partial charge in [-0.2, -0.15) is 0 Å². The average Bonchev–Trinajstić information content (AvgIpc) is 2.63. The summed E-state index contributed by atoms with van der Waals surface area (Å²) in [5.41, 5.74) is 4.83. The highest BCUT2D eigenvalue weighted by Crippen LogP contribution is 2.37. The predicted octanol–water partition coefficient (Wildman–Crippen LogP) is 1.95. The van der Waals surface area contributed by atoms with Gasteiger partial charge in [-0.1, -0.05) is 30.3 Å². The monoisotopic (exact) mass is 197 g/mol. The fraction of sp³-hybridized carbons (Fsp3) is 0.154. The summed E-state index contributed by atoms with van der Waals surface area (Å²) in [7, 11) is 0. The van der Waals surface area contributed by atoms with Crippen molar-refractivity contribution in [2.45, 2.75) is 12.5 Å². The normalized spacial score (nSPS) is 23.0. The van der Waals surface area contributed by atoms with E-state index >= 15 is 0 Å². The van der Waals surface area contributed by atoms with Crippen molar-refractivity contribution >= 4 is 11.3 Å². The summed E-state index contributed by atoms with van der Waals surface area (Å²) < 4.78 is 0. The van der Waals surface area contributed by atoms with Crippen LogP contribution in [0.2, 0.25) is 0 Å². The predicted molar refractivity (Wildman–Crippen MR) is 59.9 cm³/mol. The topological polar surface area (TPSA) is 44.1 Å². The minimum Gasteiger partial charge on any atom is -0.382 e. The SMILES string of the molecule is N=C1C=CC2=C(Cc3ccccc32)C1O. The van der Waals surface area contributed by atoms with Gasteiger partial charge in [0.1, 0.15) is 6.10 Å². The van der Waals surface area contributed by atoms with Gasteiger partial charge in [0.2, 0.25) is 0 Å². The van der Waals surface area contributed by atoms with Gasteiger partial charge < -0.3 is 10.5 Å². The molecule has 2 aliphatic carbocycles. The molecule has 1 aromatic rings. The van der Waals surface area contributed by atoms with E-state index in [4.69, 9.17) is 5.41 Å². The van der Waals surface area contributed by atoms with Crippen LogP contribution in [0.15, 0.2) is 42.0 Å². The van der Waals surface area contributed by atoms with E-state index in [2.05, 4.69) is 12.1 Å². The van der Waals surface area contributed by atoms with Crippen LogP contribution in [-0.4, -0.2) is 16.9 Å². The first kappa shape index (κ1) is 8.62. The lowest BCUT2D eigenvalue weighted by Crippen LogP contribution is -2.23. The van der Waals surface area contributed by atoms with Gasteiger partial charge in [0.15, 0.2) is 0 Å². The highest BCUT2D eigenvalue weighted by Gasteiger charge is 2.28. The Morgan fingerprint density at radius 3 is 2.87 bits per heavy atom. The zero-order chi connectivity index (χ0) is 10.4. The molecule has 0 fully saturated rings. The molecule has 2 aliphatic rings. The molecule has 3 rings (SSSR count). The van der Waals surface area contributed by atoms with E-state index < -0.39 is 6.10 Å². The van der Waals surface area contributed by atoms with Crippen LogP contribution in [0.25, 0.3) is 5.57 Å². The molecule has 15 heavy (non-hydrogen) atoms. The minimum atomic E-state index is -0.711. The fourth-order valence-electron chi connectivity index (χ4n) is 2.30. The van der Waals surface area contributed by atoms with Gasteiger partial charge in [-0.15, -0.1) is 0 Å². The number of hydrogen-bond donors (Lipinski definition) is 2. The Hall–Kier alpha value is -1.67. The third-order valence-corrected chi connectivity index (χ3v) is 3.09. The molecule has 0 heterocycles. The van der Waals surface area contributed by atoms with E-state index in [-0.39, 0.29) is 0 Å². The second-order valence-electron chi connectivity index (χ2n) is 3.96. The smallest absolute Gasteiger partial charge is 0.117 e. The number of aliphatic hydroxyl groups excluding tert-OH is 1. The highest BCUT2D eigenvalue weighted by molar-refractivity contribution is 6.06. The molecule has 74 valence electrons. The van der Waals surface area contributed by atoms with Crippen molar-refractivity contribution in [2.75, 3.05) is 0 Å². The molecule has 1 atom stereocenters. The number of fused-ring (bicyclic) bond motifs is 2. The third kappa shape index (κ3) is 1.12.